The summed E-state index contributed by atoms with van der Waals surface area (Å²) in [5.41, 5.74) is 2.22. The molecule has 6 heteroatoms. The molecule has 0 aliphatic heterocycles. The largest absolute Gasteiger partial charge is 0.241 e. The molecule has 0 amide bonds. The van der Waals surface area contributed by atoms with Gasteiger partial charge in [0.1, 0.15) is 0 Å². The second-order valence-electron chi connectivity index (χ2n) is 7.24. The Hall–Kier alpha value is -1.07. The molecule has 0 spiro atoms. The fraction of sp³-hybridized carbons (Fsp3) is 0.368. The molecule has 0 unspecified atom stereocenters. The van der Waals surface area contributed by atoms with Crippen molar-refractivity contribution in [3.8, 4) is 0 Å². The Morgan fingerprint density at radius 1 is 1.04 bits per heavy atom. The number of sulfonamides is 1. The lowest BCUT2D eigenvalue weighted by atomic mass is 9.87. The third-order valence-electron chi connectivity index (χ3n) is 4.10. The van der Waals surface area contributed by atoms with Gasteiger partial charge in [-0.25, -0.2) is 13.1 Å². The molecule has 0 heterocycles. The summed E-state index contributed by atoms with van der Waals surface area (Å²) in [5, 5.41) is 0.945. The maximum atomic E-state index is 12.9. The van der Waals surface area contributed by atoms with Crippen molar-refractivity contribution in [3.63, 3.8) is 0 Å². The number of aryl methyl sites for hydroxylation is 1. The summed E-state index contributed by atoms with van der Waals surface area (Å²) in [6.07, 6.45) is 0. The molecule has 25 heavy (non-hydrogen) atoms. The van der Waals surface area contributed by atoms with Gasteiger partial charge in [-0.1, -0.05) is 62.2 Å². The fourth-order valence-corrected chi connectivity index (χ4v) is 4.63. The van der Waals surface area contributed by atoms with Crippen LogP contribution in [0.1, 0.15) is 50.4 Å². The summed E-state index contributed by atoms with van der Waals surface area (Å²) in [6.45, 7) is 9.71. The van der Waals surface area contributed by atoms with Crippen LogP contribution in [0.5, 0.6) is 0 Å². The highest BCUT2D eigenvalue weighted by Crippen LogP contribution is 2.30. The first kappa shape index (κ1) is 20.2. The van der Waals surface area contributed by atoms with Gasteiger partial charge in [0.05, 0.1) is 4.90 Å². The summed E-state index contributed by atoms with van der Waals surface area (Å²) in [5.74, 6) is 0. The van der Waals surface area contributed by atoms with E-state index in [1.54, 1.807) is 38.1 Å². The average molecular weight is 400 g/mol. The Morgan fingerprint density at radius 2 is 1.68 bits per heavy atom. The summed E-state index contributed by atoms with van der Waals surface area (Å²) in [4.78, 5) is 0.289. The van der Waals surface area contributed by atoms with Crippen LogP contribution in [0.25, 0.3) is 0 Å². The van der Waals surface area contributed by atoms with Crippen LogP contribution in [0.2, 0.25) is 10.0 Å². The lowest BCUT2D eigenvalue weighted by Crippen LogP contribution is -2.28. The van der Waals surface area contributed by atoms with Gasteiger partial charge >= 0.3 is 0 Å². The zero-order chi connectivity index (χ0) is 19.0. The lowest BCUT2D eigenvalue weighted by Gasteiger charge is -2.22. The molecule has 0 aliphatic carbocycles. The quantitative estimate of drug-likeness (QED) is 0.722. The SMILES string of the molecule is Cc1ccc(C(C)(C)C)cc1S(=O)(=O)N[C@H](C)c1ccc(Cl)cc1Cl. The van der Waals surface area contributed by atoms with Crippen molar-refractivity contribution in [3.05, 3.63) is 63.1 Å². The van der Waals surface area contributed by atoms with Gasteiger partial charge in [0.2, 0.25) is 10.0 Å². The van der Waals surface area contributed by atoms with Crippen LogP contribution in [-0.2, 0) is 15.4 Å². The van der Waals surface area contributed by atoms with Gasteiger partial charge in [0.15, 0.2) is 0 Å². The fourth-order valence-electron chi connectivity index (χ4n) is 2.57. The summed E-state index contributed by atoms with van der Waals surface area (Å²) >= 11 is 12.1. The summed E-state index contributed by atoms with van der Waals surface area (Å²) in [6, 6.07) is 10.1. The van der Waals surface area contributed by atoms with Crippen molar-refractivity contribution in [2.24, 2.45) is 0 Å². The lowest BCUT2D eigenvalue weighted by molar-refractivity contribution is 0.563. The van der Waals surface area contributed by atoms with E-state index in [4.69, 9.17) is 23.2 Å². The number of rotatable bonds is 4. The molecule has 0 aromatic heterocycles. The average Bonchev–Trinajstić information content (AvgIpc) is 2.45. The van der Waals surface area contributed by atoms with Crippen molar-refractivity contribution in [2.75, 3.05) is 0 Å². The summed E-state index contributed by atoms with van der Waals surface area (Å²) in [7, 11) is -3.69. The van der Waals surface area contributed by atoms with E-state index in [9.17, 15) is 8.42 Å². The molecule has 0 bridgehead atoms. The van der Waals surface area contributed by atoms with Crippen molar-refractivity contribution in [2.45, 2.75) is 51.0 Å². The Labute approximate surface area is 160 Å². The van der Waals surface area contributed by atoms with E-state index >= 15 is 0 Å². The molecule has 1 atom stereocenters. The van der Waals surface area contributed by atoms with Gasteiger partial charge in [0.25, 0.3) is 0 Å². The Bertz CT molecular complexity index is 887. The van der Waals surface area contributed by atoms with Crippen LogP contribution < -0.4 is 4.72 Å². The maximum absolute atomic E-state index is 12.9. The minimum absolute atomic E-state index is 0.136. The van der Waals surface area contributed by atoms with Crippen molar-refractivity contribution in [1.82, 2.24) is 4.72 Å². The van der Waals surface area contributed by atoms with Crippen LogP contribution in [0.3, 0.4) is 0 Å². The minimum atomic E-state index is -3.69. The molecule has 0 saturated carbocycles. The first-order valence-electron chi connectivity index (χ1n) is 8.00. The highest BCUT2D eigenvalue weighted by molar-refractivity contribution is 7.89. The van der Waals surface area contributed by atoms with Crippen LogP contribution in [-0.4, -0.2) is 8.42 Å². The highest BCUT2D eigenvalue weighted by atomic mass is 35.5. The normalized spacial score (nSPS) is 13.7. The monoisotopic (exact) mass is 399 g/mol. The molecular formula is C19H23Cl2NO2S. The molecule has 1 N–H and O–H groups in total. The van der Waals surface area contributed by atoms with Crippen molar-refractivity contribution in [1.29, 1.82) is 0 Å². The second-order valence-corrected chi connectivity index (χ2v) is 9.77. The van der Waals surface area contributed by atoms with E-state index in [1.165, 1.54) is 0 Å². The summed E-state index contributed by atoms with van der Waals surface area (Å²) < 4.78 is 28.5. The first-order valence-corrected chi connectivity index (χ1v) is 10.2. The van der Waals surface area contributed by atoms with E-state index in [0.717, 1.165) is 5.56 Å². The molecular weight excluding hydrogens is 377 g/mol. The van der Waals surface area contributed by atoms with Gasteiger partial charge < -0.3 is 0 Å². The van der Waals surface area contributed by atoms with E-state index in [2.05, 4.69) is 25.5 Å². The molecule has 2 rings (SSSR count). The van der Waals surface area contributed by atoms with Gasteiger partial charge in [-0.15, -0.1) is 0 Å². The number of nitrogens with one attached hydrogen (secondary N) is 1. The Kier molecular flexibility index (Phi) is 5.89. The molecule has 0 saturated heterocycles. The van der Waals surface area contributed by atoms with Crippen LogP contribution >= 0.6 is 23.2 Å². The van der Waals surface area contributed by atoms with Gasteiger partial charge in [0, 0.05) is 16.1 Å². The van der Waals surface area contributed by atoms with Crippen molar-refractivity contribution < 1.29 is 8.42 Å². The van der Waals surface area contributed by atoms with Gasteiger partial charge in [-0.3, -0.25) is 0 Å². The number of halogens is 2. The van der Waals surface area contributed by atoms with Gasteiger partial charge in [-0.2, -0.15) is 0 Å². The second kappa shape index (κ2) is 7.28. The number of hydrogen-bond acceptors (Lipinski definition) is 2. The van der Waals surface area contributed by atoms with Crippen LogP contribution in [0.4, 0.5) is 0 Å². The zero-order valence-corrected chi connectivity index (χ0v) is 17.4. The Morgan fingerprint density at radius 3 is 2.24 bits per heavy atom. The number of benzene rings is 2. The third kappa shape index (κ3) is 4.76. The molecule has 3 nitrogen and oxygen atoms in total. The maximum Gasteiger partial charge on any atom is 0.241 e. The first-order chi connectivity index (χ1) is 11.4. The highest BCUT2D eigenvalue weighted by Gasteiger charge is 2.24. The topological polar surface area (TPSA) is 46.2 Å². The smallest absolute Gasteiger partial charge is 0.207 e. The standard InChI is InChI=1S/C19H23Cl2NO2S/c1-12-6-7-14(19(3,4)5)10-18(12)25(23,24)22-13(2)16-9-8-15(20)11-17(16)21/h6-11,13,22H,1-5H3/t13-/m1/s1. The van der Waals surface area contributed by atoms with Crippen molar-refractivity contribution >= 4 is 33.2 Å². The predicted molar refractivity (Wildman–Crippen MR) is 105 cm³/mol. The molecule has 136 valence electrons. The molecule has 0 aliphatic rings. The predicted octanol–water partition coefficient (Wildman–Crippen LogP) is 5.64. The van der Waals surface area contributed by atoms with E-state index < -0.39 is 16.1 Å². The van der Waals surface area contributed by atoms with Crippen LogP contribution in [0, 0.1) is 6.92 Å². The van der Waals surface area contributed by atoms with Crippen LogP contribution in [0.15, 0.2) is 41.3 Å². The molecule has 2 aromatic rings. The van der Waals surface area contributed by atoms with E-state index in [0.29, 0.717) is 21.2 Å². The minimum Gasteiger partial charge on any atom is -0.207 e. The Balaban J connectivity index is 2.39. The zero-order valence-electron chi connectivity index (χ0n) is 15.0. The van der Waals surface area contributed by atoms with Gasteiger partial charge in [-0.05, 0) is 54.2 Å². The number of hydrogen-bond donors (Lipinski definition) is 1. The molecule has 0 fully saturated rings. The van der Waals surface area contributed by atoms with E-state index in [-0.39, 0.29) is 10.3 Å². The third-order valence-corrected chi connectivity index (χ3v) is 6.35. The van der Waals surface area contributed by atoms with E-state index in [1.807, 2.05) is 12.1 Å². The molecule has 2 aromatic carbocycles. The molecule has 0 radical (unpaired) electrons.